The highest BCUT2D eigenvalue weighted by atomic mass is 79.9. The van der Waals surface area contributed by atoms with Gasteiger partial charge in [0.25, 0.3) is 0 Å². The average Bonchev–Trinajstić information content (AvgIpc) is 2.69. The number of nitrogens with one attached hydrogen (secondary N) is 1. The van der Waals surface area contributed by atoms with Crippen LogP contribution in [0, 0.1) is 0 Å². The van der Waals surface area contributed by atoms with Gasteiger partial charge >= 0.3 is 0 Å². The Balaban J connectivity index is 0.000000197. The van der Waals surface area contributed by atoms with Gasteiger partial charge in [0.1, 0.15) is 0 Å². The number of rotatable bonds is 4. The fourth-order valence-electron chi connectivity index (χ4n) is 2.53. The molecular formula is C19H26BrN5O. The summed E-state index contributed by atoms with van der Waals surface area (Å²) in [6.45, 7) is 7.47. The Hall–Kier alpha value is -2.15. The van der Waals surface area contributed by atoms with Gasteiger partial charge in [-0.25, -0.2) is 9.97 Å². The minimum atomic E-state index is 0.626. The molecule has 0 atom stereocenters. The first-order valence-electron chi connectivity index (χ1n) is 8.73. The third-order valence-electron chi connectivity index (χ3n) is 4.22. The van der Waals surface area contributed by atoms with Gasteiger partial charge in [0, 0.05) is 51.3 Å². The zero-order valence-electron chi connectivity index (χ0n) is 15.5. The van der Waals surface area contributed by atoms with Crippen LogP contribution in [-0.2, 0) is 4.79 Å². The number of halogens is 1. The molecule has 7 heteroatoms. The van der Waals surface area contributed by atoms with Crippen LogP contribution in [0.4, 0.5) is 11.6 Å². The molecule has 0 unspecified atom stereocenters. The maximum absolute atomic E-state index is 10.5. The normalized spacial score (nSPS) is 13.9. The number of carbonyl (C=O) groups excluding carboxylic acids is 1. The van der Waals surface area contributed by atoms with Crippen LogP contribution in [-0.4, -0.2) is 54.5 Å². The predicted molar refractivity (Wildman–Crippen MR) is 110 cm³/mol. The monoisotopic (exact) mass is 419 g/mol. The number of hydrogen-bond acceptors (Lipinski definition) is 5. The average molecular weight is 420 g/mol. The van der Waals surface area contributed by atoms with Gasteiger partial charge in [-0.15, -0.1) is 0 Å². The molecule has 1 aliphatic rings. The Morgan fingerprint density at radius 2 is 1.65 bits per heavy atom. The molecule has 0 saturated carbocycles. The van der Waals surface area contributed by atoms with Crippen molar-refractivity contribution in [1.82, 2.24) is 14.9 Å². The van der Waals surface area contributed by atoms with Crippen molar-refractivity contribution in [3.05, 3.63) is 46.7 Å². The second-order valence-electron chi connectivity index (χ2n) is 6.36. The van der Waals surface area contributed by atoms with Gasteiger partial charge in [-0.2, -0.15) is 0 Å². The van der Waals surface area contributed by atoms with E-state index in [1.54, 1.807) is 17.3 Å². The topological polar surface area (TPSA) is 61.4 Å². The molecule has 1 aliphatic heterocycles. The number of benzene rings is 1. The molecule has 3 rings (SSSR count). The van der Waals surface area contributed by atoms with Gasteiger partial charge in [0.05, 0.1) is 4.47 Å². The molecule has 1 N–H and O–H groups in total. The molecule has 0 spiro atoms. The van der Waals surface area contributed by atoms with E-state index in [1.807, 2.05) is 7.05 Å². The fourth-order valence-corrected chi connectivity index (χ4v) is 2.74. The third-order valence-corrected chi connectivity index (χ3v) is 4.63. The first kappa shape index (κ1) is 20.2. The third kappa shape index (κ3) is 5.98. The summed E-state index contributed by atoms with van der Waals surface area (Å²) in [5.41, 5.74) is 2.57. The lowest BCUT2D eigenvalue weighted by atomic mass is 10.0. The molecule has 2 heterocycles. The van der Waals surface area contributed by atoms with Crippen molar-refractivity contribution in [1.29, 1.82) is 0 Å². The molecule has 1 saturated heterocycles. The summed E-state index contributed by atoms with van der Waals surface area (Å²) in [5, 5.41) is 3.09. The molecule has 0 aliphatic carbocycles. The summed E-state index contributed by atoms with van der Waals surface area (Å²) < 4.78 is 0.873. The first-order valence-corrected chi connectivity index (χ1v) is 9.52. The van der Waals surface area contributed by atoms with Crippen molar-refractivity contribution < 1.29 is 4.79 Å². The van der Waals surface area contributed by atoms with Crippen LogP contribution in [0.1, 0.15) is 25.3 Å². The second kappa shape index (κ2) is 10.1. The molecule has 1 amide bonds. The predicted octanol–water partition coefficient (Wildman–Crippen LogP) is 3.37. The smallest absolute Gasteiger partial charge is 0.225 e. The molecule has 140 valence electrons. The van der Waals surface area contributed by atoms with Crippen LogP contribution in [0.3, 0.4) is 0 Å². The summed E-state index contributed by atoms with van der Waals surface area (Å²) in [6, 6.07) is 8.54. The molecule has 2 aromatic rings. The van der Waals surface area contributed by atoms with E-state index >= 15 is 0 Å². The van der Waals surface area contributed by atoms with E-state index in [0.717, 1.165) is 43.0 Å². The van der Waals surface area contributed by atoms with Gasteiger partial charge in [-0.05, 0) is 39.5 Å². The summed E-state index contributed by atoms with van der Waals surface area (Å²) >= 11 is 3.29. The Morgan fingerprint density at radius 1 is 1.08 bits per heavy atom. The van der Waals surface area contributed by atoms with E-state index in [1.165, 1.54) is 11.3 Å². The van der Waals surface area contributed by atoms with Crippen LogP contribution in [0.15, 0.2) is 41.1 Å². The summed E-state index contributed by atoms with van der Waals surface area (Å²) in [6.07, 6.45) is 4.35. The minimum Gasteiger partial charge on any atom is -0.388 e. The van der Waals surface area contributed by atoms with Crippen LogP contribution in [0.5, 0.6) is 0 Å². The van der Waals surface area contributed by atoms with Crippen LogP contribution in [0.2, 0.25) is 0 Å². The minimum absolute atomic E-state index is 0.626. The molecule has 0 radical (unpaired) electrons. The molecule has 26 heavy (non-hydrogen) atoms. The van der Waals surface area contributed by atoms with Crippen LogP contribution >= 0.6 is 15.9 Å². The van der Waals surface area contributed by atoms with Gasteiger partial charge in [0.2, 0.25) is 12.4 Å². The standard InChI is InChI=1S/C10H15N.C9H11BrN4O/c1-8(2)9-4-6-10(11-3)7-5-9;10-8-5-11-9(12-6-8)14-3-1-13(7-15)2-4-14/h4-8,11H,1-3H3;5-7H,1-4H2. The Bertz CT molecular complexity index is 667. The van der Waals surface area contributed by atoms with E-state index in [9.17, 15) is 4.79 Å². The van der Waals surface area contributed by atoms with Crippen LogP contribution < -0.4 is 10.2 Å². The van der Waals surface area contributed by atoms with E-state index in [4.69, 9.17) is 0 Å². The lowest BCUT2D eigenvalue weighted by Gasteiger charge is -2.32. The zero-order chi connectivity index (χ0) is 18.9. The SMILES string of the molecule is CNc1ccc(C(C)C)cc1.O=CN1CCN(c2ncc(Br)cn2)CC1. The summed E-state index contributed by atoms with van der Waals surface area (Å²) in [4.78, 5) is 22.8. The maximum Gasteiger partial charge on any atom is 0.225 e. The van der Waals surface area contributed by atoms with Crippen molar-refractivity contribution >= 4 is 34.0 Å². The molecule has 1 fully saturated rings. The highest BCUT2D eigenvalue weighted by Gasteiger charge is 2.17. The first-order chi connectivity index (χ1) is 12.5. The van der Waals surface area contributed by atoms with E-state index < -0.39 is 0 Å². The van der Waals surface area contributed by atoms with Gasteiger partial charge in [0.15, 0.2) is 0 Å². The molecule has 1 aromatic carbocycles. The van der Waals surface area contributed by atoms with E-state index in [0.29, 0.717) is 5.92 Å². The van der Waals surface area contributed by atoms with Crippen molar-refractivity contribution in [3.8, 4) is 0 Å². The molecule has 1 aromatic heterocycles. The fraction of sp³-hybridized carbons (Fsp3) is 0.421. The Kier molecular flexibility index (Phi) is 7.84. The quantitative estimate of drug-likeness (QED) is 0.769. The number of carbonyl (C=O) groups is 1. The van der Waals surface area contributed by atoms with E-state index in [2.05, 4.69) is 74.2 Å². The molecular weight excluding hydrogens is 394 g/mol. The van der Waals surface area contributed by atoms with Gasteiger partial charge in [-0.3, -0.25) is 4.79 Å². The van der Waals surface area contributed by atoms with Crippen molar-refractivity contribution in [2.45, 2.75) is 19.8 Å². The van der Waals surface area contributed by atoms with Gasteiger partial charge < -0.3 is 15.1 Å². The molecule has 0 bridgehead atoms. The second-order valence-corrected chi connectivity index (χ2v) is 7.27. The summed E-state index contributed by atoms with van der Waals surface area (Å²) in [7, 11) is 1.93. The highest BCUT2D eigenvalue weighted by Crippen LogP contribution is 2.16. The number of amides is 1. The van der Waals surface area contributed by atoms with Crippen LogP contribution in [0.25, 0.3) is 0 Å². The van der Waals surface area contributed by atoms with Gasteiger partial charge in [-0.1, -0.05) is 26.0 Å². The lowest BCUT2D eigenvalue weighted by molar-refractivity contribution is -0.118. The zero-order valence-corrected chi connectivity index (χ0v) is 17.1. The number of aromatic nitrogens is 2. The number of nitrogens with zero attached hydrogens (tertiary/aromatic N) is 4. The highest BCUT2D eigenvalue weighted by molar-refractivity contribution is 9.10. The molecule has 6 nitrogen and oxygen atoms in total. The number of piperazine rings is 1. The Morgan fingerprint density at radius 3 is 2.12 bits per heavy atom. The number of hydrogen-bond donors (Lipinski definition) is 1. The van der Waals surface area contributed by atoms with Crippen molar-refractivity contribution in [2.75, 3.05) is 43.4 Å². The Labute approximate surface area is 163 Å². The van der Waals surface area contributed by atoms with Crippen molar-refractivity contribution in [3.63, 3.8) is 0 Å². The lowest BCUT2D eigenvalue weighted by Crippen LogP contribution is -2.46. The number of anilines is 2. The largest absolute Gasteiger partial charge is 0.388 e. The summed E-state index contributed by atoms with van der Waals surface area (Å²) in [5.74, 6) is 1.35. The van der Waals surface area contributed by atoms with Crippen molar-refractivity contribution in [2.24, 2.45) is 0 Å². The van der Waals surface area contributed by atoms with E-state index in [-0.39, 0.29) is 0 Å². The maximum atomic E-state index is 10.5.